The van der Waals surface area contributed by atoms with Gasteiger partial charge in [0.05, 0.1) is 12.6 Å². The van der Waals surface area contributed by atoms with E-state index in [0.29, 0.717) is 12.1 Å². The summed E-state index contributed by atoms with van der Waals surface area (Å²) in [5, 5.41) is 6.33. The number of nitrogens with zero attached hydrogens (tertiary/aromatic N) is 1. The maximum atomic E-state index is 13.1. The first-order valence-electron chi connectivity index (χ1n) is 11.6. The lowest BCUT2D eigenvalue weighted by atomic mass is 10.0. The molecule has 0 radical (unpaired) electrons. The number of nitrogens with one attached hydrogen (secondary N) is 2. The molecule has 3 rings (SSSR count). The summed E-state index contributed by atoms with van der Waals surface area (Å²) in [5.74, 6) is -0.978. The van der Waals surface area contributed by atoms with Gasteiger partial charge in [0.2, 0.25) is 5.91 Å². The minimum atomic E-state index is -0.960. The van der Waals surface area contributed by atoms with Gasteiger partial charge in [-0.1, -0.05) is 68.4 Å². The van der Waals surface area contributed by atoms with E-state index in [1.165, 1.54) is 7.11 Å². The van der Waals surface area contributed by atoms with E-state index in [1.54, 1.807) is 0 Å². The largest absolute Gasteiger partial charge is 0.467 e. The summed E-state index contributed by atoms with van der Waals surface area (Å²) < 4.78 is 10.2. The number of fused-ring (bicyclic) bond motifs is 1. The van der Waals surface area contributed by atoms with Crippen molar-refractivity contribution < 1.29 is 23.9 Å². The minimum absolute atomic E-state index is 0.0844. The van der Waals surface area contributed by atoms with Crippen LogP contribution in [0, 0.1) is 5.92 Å². The fourth-order valence-electron chi connectivity index (χ4n) is 3.65. The van der Waals surface area contributed by atoms with Gasteiger partial charge in [-0.3, -0.25) is 9.78 Å². The van der Waals surface area contributed by atoms with Crippen LogP contribution in [-0.2, 0) is 32.1 Å². The summed E-state index contributed by atoms with van der Waals surface area (Å²) in [6, 6.07) is 18.8. The normalized spacial score (nSPS) is 12.6. The van der Waals surface area contributed by atoms with Crippen LogP contribution in [0.5, 0.6) is 0 Å². The molecule has 0 aliphatic rings. The maximum Gasteiger partial charge on any atom is 0.408 e. The van der Waals surface area contributed by atoms with Crippen LogP contribution in [0.3, 0.4) is 0 Å². The molecule has 0 aliphatic heterocycles. The van der Waals surface area contributed by atoms with Crippen LogP contribution in [0.4, 0.5) is 4.79 Å². The lowest BCUT2D eigenvalue weighted by molar-refractivity contribution is -0.145. The van der Waals surface area contributed by atoms with Crippen molar-refractivity contribution in [1.29, 1.82) is 0 Å². The standard InChI is InChI=1S/C27H31N3O5/c1-18(2)15-23(30-27(33)35-17-19-9-5-4-6-10-19)25(31)29-24(26(32)34-3)16-21-14-13-20-11-7-8-12-22(20)28-21/h4-14,18,23-24H,15-17H2,1-3H3,(H,29,31)(H,30,33)/t23-,24-/m0/s1. The Balaban J connectivity index is 1.67. The molecule has 1 heterocycles. The van der Waals surface area contributed by atoms with Gasteiger partial charge in [-0.2, -0.15) is 0 Å². The predicted octanol–water partition coefficient (Wildman–Crippen LogP) is 3.78. The lowest BCUT2D eigenvalue weighted by Crippen LogP contribution is -2.53. The molecule has 8 heteroatoms. The number of alkyl carbamates (subject to hydrolysis) is 1. The Morgan fingerprint density at radius 1 is 0.886 bits per heavy atom. The number of rotatable bonds is 10. The number of ether oxygens (including phenoxy) is 2. The fourth-order valence-corrected chi connectivity index (χ4v) is 3.65. The van der Waals surface area contributed by atoms with Crippen molar-refractivity contribution in [2.45, 2.75) is 45.4 Å². The Hall–Kier alpha value is -3.94. The highest BCUT2D eigenvalue weighted by atomic mass is 16.5. The molecule has 1 aromatic heterocycles. The molecular formula is C27H31N3O5. The smallest absolute Gasteiger partial charge is 0.408 e. The molecule has 2 amide bonds. The maximum absolute atomic E-state index is 13.1. The number of hydrogen-bond donors (Lipinski definition) is 2. The van der Waals surface area contributed by atoms with E-state index in [2.05, 4.69) is 15.6 Å². The second kappa shape index (κ2) is 12.5. The van der Waals surface area contributed by atoms with Gasteiger partial charge in [-0.25, -0.2) is 9.59 Å². The van der Waals surface area contributed by atoms with Crippen molar-refractivity contribution in [2.24, 2.45) is 5.92 Å². The fraction of sp³-hybridized carbons (Fsp3) is 0.333. The molecule has 184 valence electrons. The topological polar surface area (TPSA) is 107 Å². The number of esters is 1. The molecule has 0 saturated carbocycles. The van der Waals surface area contributed by atoms with Gasteiger partial charge >= 0.3 is 12.1 Å². The molecule has 2 aromatic carbocycles. The van der Waals surface area contributed by atoms with Crippen LogP contribution in [0.1, 0.15) is 31.5 Å². The number of hydrogen-bond acceptors (Lipinski definition) is 6. The third-order valence-electron chi connectivity index (χ3n) is 5.40. The summed E-state index contributed by atoms with van der Waals surface area (Å²) in [6.07, 6.45) is -0.190. The number of para-hydroxylation sites is 1. The van der Waals surface area contributed by atoms with E-state index < -0.39 is 30.1 Å². The molecule has 3 aromatic rings. The minimum Gasteiger partial charge on any atom is -0.467 e. The van der Waals surface area contributed by atoms with Crippen LogP contribution in [0.15, 0.2) is 66.7 Å². The quantitative estimate of drug-likeness (QED) is 0.431. The first-order chi connectivity index (χ1) is 16.9. The lowest BCUT2D eigenvalue weighted by Gasteiger charge is -2.23. The van der Waals surface area contributed by atoms with E-state index >= 15 is 0 Å². The molecule has 8 nitrogen and oxygen atoms in total. The van der Waals surface area contributed by atoms with Gasteiger partial charge in [0, 0.05) is 17.5 Å². The van der Waals surface area contributed by atoms with E-state index in [0.717, 1.165) is 16.5 Å². The SMILES string of the molecule is COC(=O)[C@H](Cc1ccc2ccccc2n1)NC(=O)[C@H](CC(C)C)NC(=O)OCc1ccccc1. The van der Waals surface area contributed by atoms with Gasteiger partial charge in [-0.15, -0.1) is 0 Å². The van der Waals surface area contributed by atoms with E-state index in [-0.39, 0.29) is 18.9 Å². The number of amides is 2. The number of carbonyl (C=O) groups excluding carboxylic acids is 3. The Bertz CT molecular complexity index is 1150. The van der Waals surface area contributed by atoms with Crippen LogP contribution >= 0.6 is 0 Å². The van der Waals surface area contributed by atoms with Crippen molar-refractivity contribution in [2.75, 3.05) is 7.11 Å². The van der Waals surface area contributed by atoms with Crippen molar-refractivity contribution >= 4 is 28.9 Å². The third kappa shape index (κ3) is 7.81. The van der Waals surface area contributed by atoms with Crippen LogP contribution in [0.25, 0.3) is 10.9 Å². The summed E-state index contributed by atoms with van der Waals surface area (Å²) in [5.41, 5.74) is 2.26. The summed E-state index contributed by atoms with van der Waals surface area (Å²) in [4.78, 5) is 42.6. The van der Waals surface area contributed by atoms with E-state index in [9.17, 15) is 14.4 Å². The summed E-state index contributed by atoms with van der Waals surface area (Å²) in [6.45, 7) is 3.96. The third-order valence-corrected chi connectivity index (χ3v) is 5.40. The summed E-state index contributed by atoms with van der Waals surface area (Å²) in [7, 11) is 1.26. The first kappa shape index (κ1) is 25.7. The average Bonchev–Trinajstić information content (AvgIpc) is 2.86. The van der Waals surface area contributed by atoms with Crippen molar-refractivity contribution in [3.8, 4) is 0 Å². The van der Waals surface area contributed by atoms with Gasteiger partial charge < -0.3 is 20.1 Å². The van der Waals surface area contributed by atoms with Gasteiger partial charge in [0.15, 0.2) is 0 Å². The number of methoxy groups -OCH3 is 1. The zero-order valence-electron chi connectivity index (χ0n) is 20.2. The molecule has 0 unspecified atom stereocenters. The highest BCUT2D eigenvalue weighted by molar-refractivity contribution is 5.89. The molecule has 2 atom stereocenters. The number of benzene rings is 2. The Morgan fingerprint density at radius 3 is 2.31 bits per heavy atom. The van der Waals surface area contributed by atoms with Crippen LogP contribution in [0.2, 0.25) is 0 Å². The Labute approximate surface area is 205 Å². The molecule has 0 fully saturated rings. The molecule has 2 N–H and O–H groups in total. The molecule has 35 heavy (non-hydrogen) atoms. The van der Waals surface area contributed by atoms with Gasteiger partial charge in [0.1, 0.15) is 18.7 Å². The molecule has 0 aliphatic carbocycles. The van der Waals surface area contributed by atoms with Crippen molar-refractivity contribution in [3.05, 3.63) is 78.0 Å². The van der Waals surface area contributed by atoms with Crippen molar-refractivity contribution in [1.82, 2.24) is 15.6 Å². The first-order valence-corrected chi connectivity index (χ1v) is 11.6. The highest BCUT2D eigenvalue weighted by Crippen LogP contribution is 2.14. The second-order valence-electron chi connectivity index (χ2n) is 8.67. The monoisotopic (exact) mass is 477 g/mol. The predicted molar refractivity (Wildman–Crippen MR) is 132 cm³/mol. The molecular weight excluding hydrogens is 446 g/mol. The van der Waals surface area contributed by atoms with Gasteiger partial charge in [0.25, 0.3) is 0 Å². The molecule has 0 bridgehead atoms. The number of pyridine rings is 1. The second-order valence-corrected chi connectivity index (χ2v) is 8.67. The van der Waals surface area contributed by atoms with Gasteiger partial charge in [-0.05, 0) is 30.0 Å². The average molecular weight is 478 g/mol. The molecule has 0 saturated heterocycles. The Kier molecular flexibility index (Phi) is 9.17. The van der Waals surface area contributed by atoms with E-state index in [4.69, 9.17) is 9.47 Å². The zero-order valence-corrected chi connectivity index (χ0v) is 20.2. The number of carbonyl (C=O) groups is 3. The summed E-state index contributed by atoms with van der Waals surface area (Å²) >= 11 is 0. The van der Waals surface area contributed by atoms with Crippen LogP contribution in [-0.4, -0.2) is 42.1 Å². The zero-order chi connectivity index (χ0) is 25.2. The van der Waals surface area contributed by atoms with Crippen LogP contribution < -0.4 is 10.6 Å². The Morgan fingerprint density at radius 2 is 1.60 bits per heavy atom. The van der Waals surface area contributed by atoms with Crippen molar-refractivity contribution in [3.63, 3.8) is 0 Å². The van der Waals surface area contributed by atoms with E-state index in [1.807, 2.05) is 80.6 Å². The highest BCUT2D eigenvalue weighted by Gasteiger charge is 2.29. The molecule has 0 spiro atoms. The number of aromatic nitrogens is 1.